The van der Waals surface area contributed by atoms with Crippen molar-refractivity contribution in [3.63, 3.8) is 0 Å². The Hall–Kier alpha value is -2.08. The second kappa shape index (κ2) is 6.61. The molecule has 0 aromatic carbocycles. The standard InChI is InChI=1S/C15H17FN2/c1-5-12(3)9-15(8-7-13(4)16)18-11-14(6-2)10-17-18/h2,7-11H,5H2,1,3-4H3/b12-9-,13-7+,15-8+. The molecule has 1 heterocycles. The van der Waals surface area contributed by atoms with Crippen molar-refractivity contribution < 1.29 is 4.39 Å². The first-order valence-corrected chi connectivity index (χ1v) is 5.79. The minimum absolute atomic E-state index is 0.251. The summed E-state index contributed by atoms with van der Waals surface area (Å²) in [6.45, 7) is 5.49. The predicted octanol–water partition coefficient (Wildman–Crippen LogP) is 3.93. The molecule has 0 unspecified atom stereocenters. The number of hydrogen-bond donors (Lipinski definition) is 0. The number of halogens is 1. The molecule has 0 amide bonds. The summed E-state index contributed by atoms with van der Waals surface area (Å²) < 4.78 is 14.4. The molecule has 3 heteroatoms. The van der Waals surface area contributed by atoms with E-state index < -0.39 is 0 Å². The van der Waals surface area contributed by atoms with Gasteiger partial charge in [-0.05, 0) is 38.5 Å². The monoisotopic (exact) mass is 244 g/mol. The SMILES string of the molecule is C#Cc1cnn(C(/C=C(/C)CC)=C/C=C(\C)F)c1. The van der Waals surface area contributed by atoms with Crippen molar-refractivity contribution in [3.8, 4) is 12.3 Å². The number of allylic oxidation sites excluding steroid dienone is 6. The summed E-state index contributed by atoms with van der Waals surface area (Å²) in [5.74, 6) is 2.26. The van der Waals surface area contributed by atoms with E-state index in [9.17, 15) is 4.39 Å². The van der Waals surface area contributed by atoms with Crippen molar-refractivity contribution in [2.45, 2.75) is 27.2 Å². The molecule has 0 N–H and O–H groups in total. The maximum atomic E-state index is 12.8. The van der Waals surface area contributed by atoms with Gasteiger partial charge in [0.25, 0.3) is 0 Å². The van der Waals surface area contributed by atoms with Gasteiger partial charge in [0, 0.05) is 6.20 Å². The van der Waals surface area contributed by atoms with Crippen LogP contribution in [-0.2, 0) is 0 Å². The van der Waals surface area contributed by atoms with Gasteiger partial charge in [0.1, 0.15) is 0 Å². The van der Waals surface area contributed by atoms with Gasteiger partial charge in [-0.3, -0.25) is 0 Å². The zero-order chi connectivity index (χ0) is 13.5. The second-order valence-electron chi connectivity index (χ2n) is 4.01. The Morgan fingerprint density at radius 3 is 2.72 bits per heavy atom. The van der Waals surface area contributed by atoms with Crippen LogP contribution in [0.15, 0.2) is 42.0 Å². The van der Waals surface area contributed by atoms with Crippen LogP contribution in [0.5, 0.6) is 0 Å². The van der Waals surface area contributed by atoms with Crippen molar-refractivity contribution in [2.24, 2.45) is 0 Å². The van der Waals surface area contributed by atoms with E-state index in [1.54, 1.807) is 23.2 Å². The maximum absolute atomic E-state index is 12.8. The van der Waals surface area contributed by atoms with E-state index in [1.165, 1.54) is 18.6 Å². The van der Waals surface area contributed by atoms with E-state index in [0.29, 0.717) is 5.56 Å². The van der Waals surface area contributed by atoms with Crippen molar-refractivity contribution in [1.29, 1.82) is 0 Å². The zero-order valence-corrected chi connectivity index (χ0v) is 10.9. The van der Waals surface area contributed by atoms with Gasteiger partial charge < -0.3 is 0 Å². The lowest BCUT2D eigenvalue weighted by Gasteiger charge is -2.03. The molecule has 0 atom stereocenters. The first-order chi connectivity index (χ1) is 8.56. The zero-order valence-electron chi connectivity index (χ0n) is 10.9. The number of aromatic nitrogens is 2. The maximum Gasteiger partial charge on any atom is 0.0969 e. The molecule has 0 radical (unpaired) electrons. The van der Waals surface area contributed by atoms with E-state index in [1.807, 2.05) is 13.0 Å². The summed E-state index contributed by atoms with van der Waals surface area (Å²) >= 11 is 0. The van der Waals surface area contributed by atoms with Gasteiger partial charge in [-0.2, -0.15) is 5.10 Å². The third-order valence-corrected chi connectivity index (χ3v) is 2.45. The molecule has 0 aliphatic rings. The summed E-state index contributed by atoms with van der Waals surface area (Å²) in [7, 11) is 0. The highest BCUT2D eigenvalue weighted by Gasteiger charge is 2.00. The minimum Gasteiger partial charge on any atom is -0.240 e. The summed E-state index contributed by atoms with van der Waals surface area (Å²) in [6, 6.07) is 0. The smallest absolute Gasteiger partial charge is 0.0969 e. The highest BCUT2D eigenvalue weighted by atomic mass is 19.1. The van der Waals surface area contributed by atoms with E-state index in [4.69, 9.17) is 6.42 Å². The fraction of sp³-hybridized carbons (Fsp3) is 0.267. The van der Waals surface area contributed by atoms with Crippen LogP contribution in [-0.4, -0.2) is 9.78 Å². The molecule has 0 saturated heterocycles. The molecular formula is C15H17FN2. The van der Waals surface area contributed by atoms with Crippen LogP contribution in [0, 0.1) is 12.3 Å². The molecule has 0 fully saturated rings. The fourth-order valence-electron chi connectivity index (χ4n) is 1.28. The van der Waals surface area contributed by atoms with Gasteiger partial charge in [-0.1, -0.05) is 18.4 Å². The van der Waals surface area contributed by atoms with Gasteiger partial charge >= 0.3 is 0 Å². The van der Waals surface area contributed by atoms with Crippen LogP contribution in [0.3, 0.4) is 0 Å². The molecule has 94 valence electrons. The van der Waals surface area contributed by atoms with Gasteiger partial charge in [0.15, 0.2) is 0 Å². The molecule has 2 nitrogen and oxygen atoms in total. The van der Waals surface area contributed by atoms with Crippen LogP contribution in [0.25, 0.3) is 5.70 Å². The predicted molar refractivity (Wildman–Crippen MR) is 73.3 cm³/mol. The van der Waals surface area contributed by atoms with Crippen LogP contribution >= 0.6 is 0 Å². The van der Waals surface area contributed by atoms with E-state index in [-0.39, 0.29) is 5.83 Å². The highest BCUT2D eigenvalue weighted by Crippen LogP contribution is 2.12. The van der Waals surface area contributed by atoms with E-state index in [2.05, 4.69) is 17.9 Å². The average Bonchev–Trinajstić information content (AvgIpc) is 2.82. The Kier molecular flexibility index (Phi) is 5.13. The van der Waals surface area contributed by atoms with Gasteiger partial charge in [-0.15, -0.1) is 6.42 Å². The van der Waals surface area contributed by atoms with Crippen molar-refractivity contribution in [1.82, 2.24) is 9.78 Å². The van der Waals surface area contributed by atoms with Crippen LogP contribution in [0.1, 0.15) is 32.8 Å². The molecule has 0 bridgehead atoms. The Bertz CT molecular complexity index is 535. The summed E-state index contributed by atoms with van der Waals surface area (Å²) in [5.41, 5.74) is 2.67. The Morgan fingerprint density at radius 1 is 1.50 bits per heavy atom. The first kappa shape index (κ1) is 14.0. The molecule has 1 aromatic rings. The van der Waals surface area contributed by atoms with Crippen LogP contribution in [0.2, 0.25) is 0 Å². The van der Waals surface area contributed by atoms with Crippen molar-refractivity contribution >= 4 is 5.70 Å². The van der Waals surface area contributed by atoms with Gasteiger partial charge in [0.2, 0.25) is 0 Å². The molecule has 0 aliphatic heterocycles. The van der Waals surface area contributed by atoms with Crippen LogP contribution < -0.4 is 0 Å². The fourth-order valence-corrected chi connectivity index (χ4v) is 1.28. The van der Waals surface area contributed by atoms with Crippen molar-refractivity contribution in [2.75, 3.05) is 0 Å². The van der Waals surface area contributed by atoms with Crippen molar-refractivity contribution in [3.05, 3.63) is 47.6 Å². The Labute approximate surface area is 108 Å². The highest BCUT2D eigenvalue weighted by molar-refractivity contribution is 5.60. The van der Waals surface area contributed by atoms with E-state index >= 15 is 0 Å². The lowest BCUT2D eigenvalue weighted by molar-refractivity contribution is 0.640. The summed E-state index contributed by atoms with van der Waals surface area (Å²) in [4.78, 5) is 0. The molecule has 1 rings (SSSR count). The van der Waals surface area contributed by atoms with Gasteiger partial charge in [-0.25, -0.2) is 9.07 Å². The molecule has 0 spiro atoms. The lowest BCUT2D eigenvalue weighted by atomic mass is 10.2. The van der Waals surface area contributed by atoms with E-state index in [0.717, 1.165) is 12.1 Å². The third-order valence-electron chi connectivity index (χ3n) is 2.45. The minimum atomic E-state index is -0.251. The topological polar surface area (TPSA) is 17.8 Å². The first-order valence-electron chi connectivity index (χ1n) is 5.79. The summed E-state index contributed by atoms with van der Waals surface area (Å²) in [5, 5.41) is 4.16. The second-order valence-corrected chi connectivity index (χ2v) is 4.01. The summed E-state index contributed by atoms with van der Waals surface area (Å²) in [6.07, 6.45) is 14.6. The average molecular weight is 244 g/mol. The number of terminal acetylenes is 1. The number of rotatable bonds is 4. The van der Waals surface area contributed by atoms with Crippen LogP contribution in [0.4, 0.5) is 4.39 Å². The molecule has 0 aliphatic carbocycles. The third kappa shape index (κ3) is 4.06. The largest absolute Gasteiger partial charge is 0.240 e. The molecular weight excluding hydrogens is 227 g/mol. The number of hydrogen-bond acceptors (Lipinski definition) is 1. The normalized spacial score (nSPS) is 13.6. The quantitative estimate of drug-likeness (QED) is 0.579. The Morgan fingerprint density at radius 2 is 2.22 bits per heavy atom. The van der Waals surface area contributed by atoms with Gasteiger partial charge in [0.05, 0.1) is 23.3 Å². The molecule has 0 saturated carbocycles. The number of nitrogens with zero attached hydrogens (tertiary/aromatic N) is 2. The molecule has 18 heavy (non-hydrogen) atoms. The molecule has 1 aromatic heterocycles. The Balaban J connectivity index is 3.17. The lowest BCUT2D eigenvalue weighted by Crippen LogP contribution is -1.95.